The molecule has 0 spiro atoms. The number of benzene rings is 1. The van der Waals surface area contributed by atoms with E-state index in [1.807, 2.05) is 24.3 Å². The second kappa shape index (κ2) is 5.91. The first-order valence-electron chi connectivity index (χ1n) is 6.22. The second-order valence-corrected chi connectivity index (χ2v) is 4.10. The Balaban J connectivity index is 1.98. The number of aliphatic imine (C=N–C) groups is 2. The Morgan fingerprint density at radius 1 is 1.24 bits per heavy atom. The van der Waals surface area contributed by atoms with Crippen LogP contribution in [-0.2, 0) is 0 Å². The molecule has 2 heterocycles. The number of nitrogens with zero attached hydrogens (tertiary/aromatic N) is 5. The molecule has 1 aliphatic heterocycles. The van der Waals surface area contributed by atoms with Crippen LogP contribution in [0.5, 0.6) is 5.75 Å². The van der Waals surface area contributed by atoms with E-state index >= 15 is 0 Å². The zero-order valence-electron chi connectivity index (χ0n) is 11.0. The van der Waals surface area contributed by atoms with Gasteiger partial charge in [-0.15, -0.1) is 10.2 Å². The minimum Gasteiger partial charge on any atom is -0.487 e. The lowest BCUT2D eigenvalue weighted by atomic mass is 10.2. The number of aromatic nitrogens is 3. The van der Waals surface area contributed by atoms with E-state index in [1.165, 1.54) is 17.1 Å². The maximum absolute atomic E-state index is 11.9. The van der Waals surface area contributed by atoms with E-state index in [1.54, 1.807) is 18.6 Å². The Bertz CT molecular complexity index is 745. The van der Waals surface area contributed by atoms with Gasteiger partial charge in [0.1, 0.15) is 18.7 Å². The van der Waals surface area contributed by atoms with Gasteiger partial charge in [-0.05, 0) is 12.1 Å². The van der Waals surface area contributed by atoms with Crippen molar-refractivity contribution in [2.24, 2.45) is 9.98 Å². The number of hydrogen-bond donors (Lipinski definition) is 0. The molecule has 0 saturated heterocycles. The zero-order valence-corrected chi connectivity index (χ0v) is 11.0. The summed E-state index contributed by atoms with van der Waals surface area (Å²) in [7, 11) is 0. The molecule has 0 unspecified atom stereocenters. The summed E-state index contributed by atoms with van der Waals surface area (Å²) in [5, 5.41) is 7.42. The molecule has 0 fully saturated rings. The van der Waals surface area contributed by atoms with E-state index in [0.29, 0.717) is 5.75 Å². The first-order valence-corrected chi connectivity index (χ1v) is 6.22. The highest BCUT2D eigenvalue weighted by molar-refractivity contribution is 5.96. The fourth-order valence-electron chi connectivity index (χ4n) is 1.76. The maximum atomic E-state index is 11.9. The molecule has 1 amide bonds. The van der Waals surface area contributed by atoms with Gasteiger partial charge in [0.2, 0.25) is 5.82 Å². The van der Waals surface area contributed by atoms with Gasteiger partial charge in [-0.3, -0.25) is 14.4 Å². The number of ether oxygens (including phenoxy) is 1. The SMILES string of the molecule is O=C1N=CCOc2ccccc2C=N/C=C\n2cnnc21. The van der Waals surface area contributed by atoms with Crippen LogP contribution >= 0.6 is 0 Å². The number of carbonyl (C=O) groups excluding carboxylic acids is 1. The molecule has 0 N–H and O–H groups in total. The number of amides is 1. The molecule has 2 aromatic rings. The fourth-order valence-corrected chi connectivity index (χ4v) is 1.76. The summed E-state index contributed by atoms with van der Waals surface area (Å²) < 4.78 is 7.02. The smallest absolute Gasteiger partial charge is 0.315 e. The first-order chi connectivity index (χ1) is 10.3. The van der Waals surface area contributed by atoms with Crippen LogP contribution in [-0.4, -0.2) is 39.7 Å². The van der Waals surface area contributed by atoms with Crippen LogP contribution < -0.4 is 4.74 Å². The minimum absolute atomic E-state index is 0.120. The van der Waals surface area contributed by atoms with Crippen LogP contribution in [0.25, 0.3) is 6.20 Å². The maximum Gasteiger partial charge on any atom is 0.315 e. The summed E-state index contributed by atoms with van der Waals surface area (Å²) in [6.07, 6.45) is 7.61. The third-order valence-corrected chi connectivity index (χ3v) is 2.73. The number of rotatable bonds is 0. The van der Waals surface area contributed by atoms with Crippen molar-refractivity contribution in [3.05, 3.63) is 48.2 Å². The van der Waals surface area contributed by atoms with Crippen LogP contribution in [0.1, 0.15) is 16.2 Å². The van der Waals surface area contributed by atoms with Gasteiger partial charge >= 0.3 is 5.91 Å². The topological polar surface area (TPSA) is 81.7 Å². The zero-order chi connectivity index (χ0) is 14.5. The molecule has 1 aliphatic rings. The van der Waals surface area contributed by atoms with Crippen molar-refractivity contribution in [3.8, 4) is 5.75 Å². The standard InChI is InChI=1S/C14H11N5O2/c20-14-13-18-17-10-19(13)7-5-15-9-11-3-1-2-4-12(11)21-8-6-16-14/h1-7,9-10H,8H2/b7-5-,15-9?,16-6?. The number of carbonyl (C=O) groups is 1. The van der Waals surface area contributed by atoms with Gasteiger partial charge < -0.3 is 4.74 Å². The van der Waals surface area contributed by atoms with Crippen molar-refractivity contribution in [1.82, 2.24) is 14.8 Å². The normalized spacial score (nSPS) is 15.9. The van der Waals surface area contributed by atoms with E-state index < -0.39 is 5.91 Å². The van der Waals surface area contributed by atoms with Crippen molar-refractivity contribution >= 4 is 24.5 Å². The summed E-state index contributed by atoms with van der Waals surface area (Å²) in [6, 6.07) is 7.48. The van der Waals surface area contributed by atoms with E-state index in [4.69, 9.17) is 4.74 Å². The average molecular weight is 281 g/mol. The lowest BCUT2D eigenvalue weighted by Gasteiger charge is -2.05. The lowest BCUT2D eigenvalue weighted by molar-refractivity contribution is 0.0991. The highest BCUT2D eigenvalue weighted by atomic mass is 16.5. The molecular weight excluding hydrogens is 270 g/mol. The summed E-state index contributed by atoms with van der Waals surface area (Å²) in [4.78, 5) is 19.8. The molecule has 1 aromatic heterocycles. The van der Waals surface area contributed by atoms with E-state index in [0.717, 1.165) is 5.56 Å². The Hall–Kier alpha value is -3.09. The summed E-state index contributed by atoms with van der Waals surface area (Å²) >= 11 is 0. The monoisotopic (exact) mass is 281 g/mol. The average Bonchev–Trinajstić information content (AvgIpc) is 2.97. The van der Waals surface area contributed by atoms with Gasteiger partial charge in [-0.25, -0.2) is 4.99 Å². The lowest BCUT2D eigenvalue weighted by Crippen LogP contribution is -2.06. The predicted octanol–water partition coefficient (Wildman–Crippen LogP) is 1.43. The highest BCUT2D eigenvalue weighted by Gasteiger charge is 2.11. The molecule has 7 heteroatoms. The number of hydrogen-bond acceptors (Lipinski definition) is 5. The van der Waals surface area contributed by atoms with Gasteiger partial charge in [0.15, 0.2) is 0 Å². The van der Waals surface area contributed by atoms with Gasteiger partial charge in [0, 0.05) is 30.4 Å². The summed E-state index contributed by atoms with van der Waals surface area (Å²) in [6.45, 7) is 0.179. The minimum atomic E-state index is -0.489. The molecule has 0 atom stereocenters. The van der Waals surface area contributed by atoms with Gasteiger partial charge in [-0.2, -0.15) is 0 Å². The van der Waals surface area contributed by atoms with E-state index in [2.05, 4.69) is 20.2 Å². The van der Waals surface area contributed by atoms with Crippen LogP contribution in [0, 0.1) is 0 Å². The molecule has 1 aromatic carbocycles. The van der Waals surface area contributed by atoms with Crippen LogP contribution in [0.4, 0.5) is 0 Å². The predicted molar refractivity (Wildman–Crippen MR) is 77.7 cm³/mol. The third-order valence-electron chi connectivity index (χ3n) is 2.73. The van der Waals surface area contributed by atoms with Crippen molar-refractivity contribution in [2.45, 2.75) is 0 Å². The Morgan fingerprint density at radius 3 is 3.10 bits per heavy atom. The van der Waals surface area contributed by atoms with Gasteiger partial charge in [0.25, 0.3) is 0 Å². The number of para-hydroxylation sites is 1. The third kappa shape index (κ3) is 2.92. The van der Waals surface area contributed by atoms with Crippen molar-refractivity contribution in [1.29, 1.82) is 0 Å². The molecular formula is C14H11N5O2. The van der Waals surface area contributed by atoms with E-state index in [9.17, 15) is 4.79 Å². The molecule has 7 nitrogen and oxygen atoms in total. The summed E-state index contributed by atoms with van der Waals surface area (Å²) in [5.74, 6) is 0.305. The van der Waals surface area contributed by atoms with Gasteiger partial charge in [-0.1, -0.05) is 12.1 Å². The summed E-state index contributed by atoms with van der Waals surface area (Å²) in [5.41, 5.74) is 0.838. The molecule has 0 saturated carbocycles. The quantitative estimate of drug-likeness (QED) is 0.731. The largest absolute Gasteiger partial charge is 0.487 e. The van der Waals surface area contributed by atoms with Crippen LogP contribution in [0.3, 0.4) is 0 Å². The van der Waals surface area contributed by atoms with E-state index in [-0.39, 0.29) is 12.4 Å². The van der Waals surface area contributed by atoms with Crippen molar-refractivity contribution in [2.75, 3.05) is 6.61 Å². The molecule has 0 aliphatic carbocycles. The Morgan fingerprint density at radius 2 is 2.14 bits per heavy atom. The van der Waals surface area contributed by atoms with Crippen LogP contribution in [0.15, 0.2) is 46.8 Å². The highest BCUT2D eigenvalue weighted by Crippen LogP contribution is 2.15. The van der Waals surface area contributed by atoms with Crippen LogP contribution in [0.2, 0.25) is 0 Å². The fraction of sp³-hybridized carbons (Fsp3) is 0.0714. The molecule has 0 radical (unpaired) electrons. The number of fused-ring (bicyclic) bond motifs is 2. The van der Waals surface area contributed by atoms with Crippen molar-refractivity contribution < 1.29 is 9.53 Å². The second-order valence-electron chi connectivity index (χ2n) is 4.10. The van der Waals surface area contributed by atoms with Gasteiger partial charge in [0.05, 0.1) is 0 Å². The molecule has 0 bridgehead atoms. The van der Waals surface area contributed by atoms with Crippen molar-refractivity contribution in [3.63, 3.8) is 0 Å². The Kier molecular flexibility index (Phi) is 3.64. The Labute approximate surface area is 120 Å². The molecule has 21 heavy (non-hydrogen) atoms. The first kappa shape index (κ1) is 12.9. The molecule has 104 valence electrons. The molecule has 3 rings (SSSR count).